The van der Waals surface area contributed by atoms with Gasteiger partial charge < -0.3 is 0 Å². The van der Waals surface area contributed by atoms with Crippen LogP contribution in [0.4, 0.5) is 0 Å². The average molecular weight is 257 g/mol. The molecule has 0 aliphatic carbocycles. The molecular formula is C11H14SSe. The van der Waals surface area contributed by atoms with Gasteiger partial charge in [-0.3, -0.25) is 0 Å². The SMILES string of the molecule is C=CCCSC[Se]c1ccccc1. The molecule has 0 fully saturated rings. The van der Waals surface area contributed by atoms with Crippen LogP contribution in [-0.2, 0) is 0 Å². The molecule has 0 unspecified atom stereocenters. The summed E-state index contributed by atoms with van der Waals surface area (Å²) < 4.78 is 2.78. The molecule has 13 heavy (non-hydrogen) atoms. The standard InChI is InChI=1S/C11H14SSe/c1-2-3-9-12-10-13-11-7-5-4-6-8-11/h2,4-8H,1,3,9-10H2. The molecule has 0 N–H and O–H groups in total. The summed E-state index contributed by atoms with van der Waals surface area (Å²) in [5.41, 5.74) is 0. The Morgan fingerprint density at radius 2 is 2.08 bits per heavy atom. The van der Waals surface area contributed by atoms with Crippen LogP contribution in [0, 0.1) is 0 Å². The number of hydrogen-bond acceptors (Lipinski definition) is 1. The Morgan fingerprint density at radius 1 is 1.31 bits per heavy atom. The second kappa shape index (κ2) is 7.25. The van der Waals surface area contributed by atoms with Crippen molar-refractivity contribution in [3.05, 3.63) is 43.0 Å². The van der Waals surface area contributed by atoms with Gasteiger partial charge in [0.25, 0.3) is 0 Å². The predicted octanol–water partition coefficient (Wildman–Crippen LogP) is 2.28. The zero-order chi connectivity index (χ0) is 9.36. The van der Waals surface area contributed by atoms with Crippen LogP contribution in [0.2, 0.25) is 0 Å². The zero-order valence-corrected chi connectivity index (χ0v) is 10.1. The fourth-order valence-corrected chi connectivity index (χ4v) is 4.38. The number of benzene rings is 1. The average Bonchev–Trinajstić information content (AvgIpc) is 2.19. The van der Waals surface area contributed by atoms with Gasteiger partial charge in [0, 0.05) is 0 Å². The van der Waals surface area contributed by atoms with Gasteiger partial charge in [-0.05, 0) is 0 Å². The van der Waals surface area contributed by atoms with Gasteiger partial charge in [-0.2, -0.15) is 0 Å². The number of thioether (sulfide) groups is 1. The van der Waals surface area contributed by atoms with Crippen molar-refractivity contribution in [1.82, 2.24) is 0 Å². The molecule has 0 aromatic heterocycles. The Morgan fingerprint density at radius 3 is 2.77 bits per heavy atom. The Bertz CT molecular complexity index is 233. The molecule has 1 aromatic rings. The molecule has 0 aliphatic heterocycles. The van der Waals surface area contributed by atoms with E-state index in [4.69, 9.17) is 0 Å². The van der Waals surface area contributed by atoms with Crippen molar-refractivity contribution in [2.75, 3.05) is 10.4 Å². The van der Waals surface area contributed by atoms with Gasteiger partial charge in [0.1, 0.15) is 0 Å². The second-order valence-corrected chi connectivity index (χ2v) is 6.69. The number of rotatable bonds is 6. The minimum absolute atomic E-state index is 0.646. The molecule has 0 bridgehead atoms. The van der Waals surface area contributed by atoms with Crippen molar-refractivity contribution in [3.63, 3.8) is 0 Å². The van der Waals surface area contributed by atoms with Crippen LogP contribution >= 0.6 is 11.8 Å². The van der Waals surface area contributed by atoms with Gasteiger partial charge >= 0.3 is 91.0 Å². The summed E-state index contributed by atoms with van der Waals surface area (Å²) >= 11 is 2.68. The van der Waals surface area contributed by atoms with E-state index in [2.05, 4.69) is 36.9 Å². The van der Waals surface area contributed by atoms with Crippen LogP contribution in [0.1, 0.15) is 6.42 Å². The summed E-state index contributed by atoms with van der Waals surface area (Å²) in [6.45, 7) is 3.71. The summed E-state index contributed by atoms with van der Waals surface area (Å²) in [6, 6.07) is 10.7. The molecule has 0 atom stereocenters. The molecular weight excluding hydrogens is 243 g/mol. The van der Waals surface area contributed by atoms with Gasteiger partial charge in [0.05, 0.1) is 0 Å². The van der Waals surface area contributed by atoms with Crippen molar-refractivity contribution >= 4 is 31.2 Å². The maximum absolute atomic E-state index is 3.71. The van der Waals surface area contributed by atoms with E-state index in [0.717, 1.165) is 6.42 Å². The molecule has 0 saturated carbocycles. The van der Waals surface area contributed by atoms with Crippen molar-refractivity contribution in [1.29, 1.82) is 0 Å². The molecule has 0 saturated heterocycles. The van der Waals surface area contributed by atoms with E-state index >= 15 is 0 Å². The van der Waals surface area contributed by atoms with Crippen LogP contribution in [0.3, 0.4) is 0 Å². The molecule has 1 rings (SSSR count). The fourth-order valence-electron chi connectivity index (χ4n) is 0.852. The van der Waals surface area contributed by atoms with E-state index in [1.165, 1.54) is 14.9 Å². The topological polar surface area (TPSA) is 0 Å². The summed E-state index contributed by atoms with van der Waals surface area (Å²) in [4.78, 5) is 0. The third kappa shape index (κ3) is 5.20. The van der Waals surface area contributed by atoms with Crippen LogP contribution in [0.15, 0.2) is 43.0 Å². The third-order valence-corrected chi connectivity index (χ3v) is 5.39. The third-order valence-electron chi connectivity index (χ3n) is 1.52. The molecule has 0 spiro atoms. The quantitative estimate of drug-likeness (QED) is 0.428. The van der Waals surface area contributed by atoms with Gasteiger partial charge in [-0.25, -0.2) is 0 Å². The van der Waals surface area contributed by atoms with Crippen LogP contribution in [0.25, 0.3) is 0 Å². The van der Waals surface area contributed by atoms with Gasteiger partial charge in [0.2, 0.25) is 0 Å². The van der Waals surface area contributed by atoms with Crippen molar-refractivity contribution in [3.8, 4) is 0 Å². The van der Waals surface area contributed by atoms with Gasteiger partial charge in [-0.15, -0.1) is 0 Å². The summed E-state index contributed by atoms with van der Waals surface area (Å²) in [7, 11) is 0. The first-order chi connectivity index (χ1) is 6.43. The van der Waals surface area contributed by atoms with Crippen molar-refractivity contribution in [2.24, 2.45) is 0 Å². The van der Waals surface area contributed by atoms with E-state index < -0.39 is 0 Å². The van der Waals surface area contributed by atoms with E-state index in [9.17, 15) is 0 Å². The normalized spacial score (nSPS) is 9.85. The Hall–Kier alpha value is -0.171. The van der Waals surface area contributed by atoms with Crippen LogP contribution < -0.4 is 4.46 Å². The molecule has 0 nitrogen and oxygen atoms in total. The first-order valence-corrected chi connectivity index (χ1v) is 7.52. The zero-order valence-electron chi connectivity index (χ0n) is 7.61. The van der Waals surface area contributed by atoms with Gasteiger partial charge in [-0.1, -0.05) is 0 Å². The van der Waals surface area contributed by atoms with Gasteiger partial charge in [0.15, 0.2) is 0 Å². The molecule has 70 valence electrons. The molecule has 2 heteroatoms. The van der Waals surface area contributed by atoms with Crippen LogP contribution in [-0.4, -0.2) is 25.4 Å². The summed E-state index contributed by atoms with van der Waals surface area (Å²) in [5.74, 6) is 1.22. The Labute approximate surface area is 91.0 Å². The van der Waals surface area contributed by atoms with Crippen molar-refractivity contribution < 1.29 is 0 Å². The Balaban J connectivity index is 2.10. The summed E-state index contributed by atoms with van der Waals surface area (Å²) in [6.07, 6.45) is 3.12. The molecule has 0 aliphatic rings. The second-order valence-electron chi connectivity index (χ2n) is 2.56. The van der Waals surface area contributed by atoms with E-state index in [1.54, 1.807) is 0 Å². The number of allylic oxidation sites excluding steroid dienone is 1. The molecule has 1 aromatic carbocycles. The van der Waals surface area contributed by atoms with Crippen LogP contribution in [0.5, 0.6) is 0 Å². The number of hydrogen-bond donors (Lipinski definition) is 0. The Kier molecular flexibility index (Phi) is 6.09. The molecule has 0 heterocycles. The first kappa shape index (κ1) is 10.9. The van der Waals surface area contributed by atoms with E-state index in [-0.39, 0.29) is 0 Å². The van der Waals surface area contributed by atoms with Crippen molar-refractivity contribution in [2.45, 2.75) is 6.42 Å². The fraction of sp³-hybridized carbons (Fsp3) is 0.273. The van der Waals surface area contributed by atoms with E-state index in [1.807, 2.05) is 17.8 Å². The molecule has 0 amide bonds. The monoisotopic (exact) mass is 258 g/mol. The minimum atomic E-state index is 0.646. The molecule has 0 radical (unpaired) electrons. The predicted molar refractivity (Wildman–Crippen MR) is 64.0 cm³/mol. The first-order valence-electron chi connectivity index (χ1n) is 4.30. The maximum atomic E-state index is 3.71. The van der Waals surface area contributed by atoms with E-state index in [0.29, 0.717) is 15.0 Å². The summed E-state index contributed by atoms with van der Waals surface area (Å²) in [5, 5.41) is 0.